The Kier molecular flexibility index (Phi) is 9.87. The van der Waals surface area contributed by atoms with Crippen molar-refractivity contribution in [1.29, 1.82) is 0 Å². The standard InChI is InChI=1S/C28H35N5O6/c1-19(34)31-23(17-27(35)37-3)20-5-7-21(8-6-20)32-28-22-15-26(25(36-2)16-24(22)29-18-30-28)39-12-4-9-33-10-13-38-14-11-33/h5-8,15-16,18,23H,4,9-14,17H2,1-3H3,(H,31,34)(H,29,30,32). The maximum absolute atomic E-state index is 11.8. The lowest BCUT2D eigenvalue weighted by Crippen LogP contribution is -2.37. The summed E-state index contributed by atoms with van der Waals surface area (Å²) in [6.07, 6.45) is 2.42. The van der Waals surface area contributed by atoms with Crippen molar-refractivity contribution in [3.63, 3.8) is 0 Å². The van der Waals surface area contributed by atoms with Gasteiger partial charge in [-0.05, 0) is 30.2 Å². The van der Waals surface area contributed by atoms with Crippen molar-refractivity contribution in [2.75, 3.05) is 59.0 Å². The number of nitrogens with one attached hydrogen (secondary N) is 2. The SMILES string of the molecule is COC(=O)CC(NC(C)=O)c1ccc(Nc2ncnc3cc(OC)c(OCCCN4CCOCC4)cc23)cc1. The number of ether oxygens (including phenoxy) is 4. The molecule has 1 atom stereocenters. The van der Waals surface area contributed by atoms with Crippen LogP contribution in [0.25, 0.3) is 10.9 Å². The van der Waals surface area contributed by atoms with Gasteiger partial charge in [-0.2, -0.15) is 0 Å². The molecule has 0 aliphatic carbocycles. The summed E-state index contributed by atoms with van der Waals surface area (Å²) in [6.45, 7) is 6.38. The number of esters is 1. The Morgan fingerprint density at radius 3 is 2.54 bits per heavy atom. The van der Waals surface area contributed by atoms with Crippen LogP contribution in [0, 0.1) is 0 Å². The first-order chi connectivity index (χ1) is 19.0. The summed E-state index contributed by atoms with van der Waals surface area (Å²) < 4.78 is 21.8. The minimum atomic E-state index is -0.487. The predicted octanol–water partition coefficient (Wildman–Crippen LogP) is 3.22. The molecule has 0 spiro atoms. The van der Waals surface area contributed by atoms with Crippen LogP contribution in [0.5, 0.6) is 11.5 Å². The Labute approximate surface area is 227 Å². The third-order valence-electron chi connectivity index (χ3n) is 6.45. The first-order valence-corrected chi connectivity index (χ1v) is 12.9. The van der Waals surface area contributed by atoms with Gasteiger partial charge < -0.3 is 29.6 Å². The van der Waals surface area contributed by atoms with Gasteiger partial charge in [0.1, 0.15) is 12.1 Å². The van der Waals surface area contributed by atoms with Crippen molar-refractivity contribution < 1.29 is 28.5 Å². The van der Waals surface area contributed by atoms with Gasteiger partial charge >= 0.3 is 5.97 Å². The Morgan fingerprint density at radius 1 is 1.08 bits per heavy atom. The summed E-state index contributed by atoms with van der Waals surface area (Å²) in [6, 6.07) is 10.7. The first-order valence-electron chi connectivity index (χ1n) is 12.9. The van der Waals surface area contributed by atoms with E-state index in [2.05, 4.69) is 25.5 Å². The molecular weight excluding hydrogens is 502 g/mol. The highest BCUT2D eigenvalue weighted by Crippen LogP contribution is 2.35. The van der Waals surface area contributed by atoms with E-state index in [4.69, 9.17) is 18.9 Å². The zero-order valence-corrected chi connectivity index (χ0v) is 22.6. The predicted molar refractivity (Wildman–Crippen MR) is 146 cm³/mol. The minimum Gasteiger partial charge on any atom is -0.493 e. The lowest BCUT2D eigenvalue weighted by molar-refractivity contribution is -0.141. The lowest BCUT2D eigenvalue weighted by atomic mass is 10.0. The van der Waals surface area contributed by atoms with Crippen molar-refractivity contribution in [1.82, 2.24) is 20.2 Å². The van der Waals surface area contributed by atoms with E-state index in [0.29, 0.717) is 29.4 Å². The molecule has 2 heterocycles. The molecule has 11 heteroatoms. The Balaban J connectivity index is 1.48. The number of amides is 1. The van der Waals surface area contributed by atoms with E-state index in [1.54, 1.807) is 7.11 Å². The van der Waals surface area contributed by atoms with Crippen molar-refractivity contribution in [2.24, 2.45) is 0 Å². The van der Waals surface area contributed by atoms with Crippen molar-refractivity contribution in [2.45, 2.75) is 25.8 Å². The number of anilines is 2. The second kappa shape index (κ2) is 13.7. The van der Waals surface area contributed by atoms with Crippen LogP contribution in [-0.4, -0.2) is 80.4 Å². The van der Waals surface area contributed by atoms with Gasteiger partial charge in [-0.1, -0.05) is 12.1 Å². The highest BCUT2D eigenvalue weighted by molar-refractivity contribution is 5.93. The summed E-state index contributed by atoms with van der Waals surface area (Å²) in [5, 5.41) is 6.92. The average molecular weight is 538 g/mol. The fraction of sp³-hybridized carbons (Fsp3) is 0.429. The molecule has 4 rings (SSSR count). The van der Waals surface area contributed by atoms with Crippen molar-refractivity contribution in [3.05, 3.63) is 48.3 Å². The fourth-order valence-electron chi connectivity index (χ4n) is 4.41. The summed E-state index contributed by atoms with van der Waals surface area (Å²) in [5.74, 6) is 1.21. The molecule has 1 unspecified atom stereocenters. The number of morpholine rings is 1. The normalized spacial score (nSPS) is 14.4. The molecule has 2 N–H and O–H groups in total. The third-order valence-corrected chi connectivity index (χ3v) is 6.45. The molecule has 39 heavy (non-hydrogen) atoms. The van der Waals surface area contributed by atoms with E-state index >= 15 is 0 Å². The van der Waals surface area contributed by atoms with Crippen LogP contribution in [0.4, 0.5) is 11.5 Å². The highest BCUT2D eigenvalue weighted by atomic mass is 16.5. The van der Waals surface area contributed by atoms with E-state index in [9.17, 15) is 9.59 Å². The van der Waals surface area contributed by atoms with E-state index in [1.807, 2.05) is 36.4 Å². The number of hydrogen-bond acceptors (Lipinski definition) is 10. The number of carbonyl (C=O) groups is 2. The smallest absolute Gasteiger partial charge is 0.307 e. The molecule has 3 aromatic rings. The molecule has 11 nitrogen and oxygen atoms in total. The van der Waals surface area contributed by atoms with E-state index < -0.39 is 12.0 Å². The number of hydrogen-bond donors (Lipinski definition) is 2. The quantitative estimate of drug-likeness (QED) is 0.263. The second-order valence-electron chi connectivity index (χ2n) is 9.18. The van der Waals surface area contributed by atoms with Gasteiger partial charge in [0.05, 0.1) is 52.0 Å². The second-order valence-corrected chi connectivity index (χ2v) is 9.18. The van der Waals surface area contributed by atoms with Crippen LogP contribution in [-0.2, 0) is 19.1 Å². The molecule has 1 aliphatic heterocycles. The van der Waals surface area contributed by atoms with Crippen LogP contribution >= 0.6 is 0 Å². The monoisotopic (exact) mass is 537 g/mol. The molecule has 1 fully saturated rings. The number of carbonyl (C=O) groups excluding carboxylic acids is 2. The largest absolute Gasteiger partial charge is 0.493 e. The van der Waals surface area contributed by atoms with Crippen molar-refractivity contribution in [3.8, 4) is 11.5 Å². The summed E-state index contributed by atoms with van der Waals surface area (Å²) in [4.78, 5) is 34.7. The number of nitrogens with zero attached hydrogens (tertiary/aromatic N) is 3. The number of fused-ring (bicyclic) bond motifs is 1. The molecule has 1 amide bonds. The molecule has 0 saturated carbocycles. The van der Waals surface area contributed by atoms with Gasteiger partial charge in [0, 0.05) is 43.7 Å². The molecule has 0 bridgehead atoms. The Hall–Kier alpha value is -3.96. The van der Waals surface area contributed by atoms with Crippen LogP contribution < -0.4 is 20.1 Å². The lowest BCUT2D eigenvalue weighted by Gasteiger charge is -2.26. The maximum Gasteiger partial charge on any atom is 0.307 e. The number of aromatic nitrogens is 2. The first kappa shape index (κ1) is 28.1. The van der Waals surface area contributed by atoms with Crippen LogP contribution in [0.15, 0.2) is 42.7 Å². The summed E-state index contributed by atoms with van der Waals surface area (Å²) in [7, 11) is 2.93. The van der Waals surface area contributed by atoms with Gasteiger partial charge in [-0.15, -0.1) is 0 Å². The van der Waals surface area contributed by atoms with Gasteiger partial charge in [0.2, 0.25) is 5.91 Å². The van der Waals surface area contributed by atoms with E-state index in [1.165, 1.54) is 20.4 Å². The van der Waals surface area contributed by atoms with Crippen LogP contribution in [0.2, 0.25) is 0 Å². The minimum absolute atomic E-state index is 0.0382. The number of benzene rings is 2. The van der Waals surface area contributed by atoms with Crippen LogP contribution in [0.3, 0.4) is 0 Å². The third kappa shape index (κ3) is 7.78. The Bertz CT molecular complexity index is 1260. The molecule has 0 radical (unpaired) electrons. The number of methoxy groups -OCH3 is 2. The Morgan fingerprint density at radius 2 is 1.85 bits per heavy atom. The van der Waals surface area contributed by atoms with E-state index in [0.717, 1.165) is 55.9 Å². The average Bonchev–Trinajstić information content (AvgIpc) is 2.95. The van der Waals surface area contributed by atoms with Gasteiger partial charge in [-0.25, -0.2) is 9.97 Å². The molecule has 208 valence electrons. The molecular formula is C28H35N5O6. The zero-order chi connectivity index (χ0) is 27.6. The molecule has 1 aliphatic rings. The molecule has 1 saturated heterocycles. The highest BCUT2D eigenvalue weighted by Gasteiger charge is 2.18. The van der Waals surface area contributed by atoms with E-state index in [-0.39, 0.29) is 12.3 Å². The topological polar surface area (TPSA) is 124 Å². The molecule has 1 aromatic heterocycles. The van der Waals surface area contributed by atoms with Gasteiger partial charge in [0.15, 0.2) is 11.5 Å². The number of rotatable bonds is 12. The van der Waals surface area contributed by atoms with Gasteiger partial charge in [-0.3, -0.25) is 14.5 Å². The van der Waals surface area contributed by atoms with Gasteiger partial charge in [0.25, 0.3) is 0 Å². The summed E-state index contributed by atoms with van der Waals surface area (Å²) in [5.41, 5.74) is 2.28. The van der Waals surface area contributed by atoms with Crippen LogP contribution in [0.1, 0.15) is 31.4 Å². The van der Waals surface area contributed by atoms with Crippen molar-refractivity contribution >= 4 is 34.3 Å². The summed E-state index contributed by atoms with van der Waals surface area (Å²) >= 11 is 0. The molecule has 2 aromatic carbocycles. The maximum atomic E-state index is 11.8. The zero-order valence-electron chi connectivity index (χ0n) is 22.6. The fourth-order valence-corrected chi connectivity index (χ4v) is 4.41.